The van der Waals surface area contributed by atoms with Gasteiger partial charge in [-0.25, -0.2) is 0 Å². The van der Waals surface area contributed by atoms with E-state index in [4.69, 9.17) is 14.2 Å². The molecule has 2 rings (SSSR count). The summed E-state index contributed by atoms with van der Waals surface area (Å²) in [7, 11) is 0. The standard InChI is InChI=1S/C15H18O7/c1-8-14(21-9(2)17)12(18)13(19)15(20-8)22-11-5-3-10(7-16)4-6-11/h3-8,12-15,18-19H,1-2H3/t8-,12-,13+,14-,15-/m0/s1. The lowest BCUT2D eigenvalue weighted by atomic mass is 9.99. The van der Waals surface area contributed by atoms with Crippen LogP contribution in [0.25, 0.3) is 0 Å². The monoisotopic (exact) mass is 310 g/mol. The Morgan fingerprint density at radius 2 is 1.86 bits per heavy atom. The molecule has 0 amide bonds. The topological polar surface area (TPSA) is 102 Å². The zero-order chi connectivity index (χ0) is 16.3. The predicted molar refractivity (Wildman–Crippen MR) is 74.4 cm³/mol. The maximum absolute atomic E-state index is 11.0. The molecular formula is C15H18O7. The van der Waals surface area contributed by atoms with Crippen LogP contribution < -0.4 is 4.74 Å². The van der Waals surface area contributed by atoms with Crippen LogP contribution in [0.1, 0.15) is 24.2 Å². The normalized spacial score (nSPS) is 31.4. The smallest absolute Gasteiger partial charge is 0.303 e. The number of esters is 1. The molecule has 1 aromatic rings. The summed E-state index contributed by atoms with van der Waals surface area (Å²) in [6.45, 7) is 2.82. The Kier molecular flexibility index (Phi) is 5.12. The van der Waals surface area contributed by atoms with Crippen molar-refractivity contribution in [2.45, 2.75) is 44.6 Å². The van der Waals surface area contributed by atoms with Crippen LogP contribution in [-0.2, 0) is 14.3 Å². The van der Waals surface area contributed by atoms with E-state index in [0.29, 0.717) is 17.6 Å². The van der Waals surface area contributed by atoms with E-state index < -0.39 is 36.7 Å². The van der Waals surface area contributed by atoms with E-state index in [1.54, 1.807) is 31.2 Å². The zero-order valence-electron chi connectivity index (χ0n) is 12.2. The van der Waals surface area contributed by atoms with E-state index in [0.717, 1.165) is 0 Å². The average molecular weight is 310 g/mol. The SMILES string of the molecule is CC(=O)O[C@@H]1[C@@H](O)[C@@H](O)[C@H](Oc2ccc(C=O)cc2)O[C@H]1C. The van der Waals surface area contributed by atoms with Gasteiger partial charge in [0.05, 0.1) is 6.10 Å². The predicted octanol–water partition coefficient (Wildman–Crippen LogP) is 0.276. The van der Waals surface area contributed by atoms with E-state index in [2.05, 4.69) is 0 Å². The van der Waals surface area contributed by atoms with Crippen LogP contribution in [0, 0.1) is 0 Å². The van der Waals surface area contributed by atoms with Gasteiger partial charge in [0, 0.05) is 12.5 Å². The highest BCUT2D eigenvalue weighted by atomic mass is 16.7. The van der Waals surface area contributed by atoms with Crippen molar-refractivity contribution in [3.63, 3.8) is 0 Å². The number of aliphatic hydroxyl groups is 2. The van der Waals surface area contributed by atoms with Crippen molar-refractivity contribution in [2.24, 2.45) is 0 Å². The highest BCUT2D eigenvalue weighted by Crippen LogP contribution is 2.26. The molecule has 7 nitrogen and oxygen atoms in total. The van der Waals surface area contributed by atoms with E-state index in [9.17, 15) is 19.8 Å². The van der Waals surface area contributed by atoms with Crippen LogP contribution in [0.4, 0.5) is 0 Å². The van der Waals surface area contributed by atoms with Gasteiger partial charge in [-0.15, -0.1) is 0 Å². The maximum atomic E-state index is 11.0. The summed E-state index contributed by atoms with van der Waals surface area (Å²) in [6.07, 6.45) is -4.74. The molecule has 0 bridgehead atoms. The van der Waals surface area contributed by atoms with Gasteiger partial charge in [0.25, 0.3) is 0 Å². The molecule has 1 saturated heterocycles. The lowest BCUT2D eigenvalue weighted by Gasteiger charge is -2.40. The van der Waals surface area contributed by atoms with Crippen LogP contribution in [0.3, 0.4) is 0 Å². The van der Waals surface area contributed by atoms with E-state index in [-0.39, 0.29) is 0 Å². The highest BCUT2D eigenvalue weighted by molar-refractivity contribution is 5.74. The number of carbonyl (C=O) groups excluding carboxylic acids is 2. The first-order valence-electron chi connectivity index (χ1n) is 6.83. The summed E-state index contributed by atoms with van der Waals surface area (Å²) in [5.41, 5.74) is 0.487. The van der Waals surface area contributed by atoms with E-state index in [1.165, 1.54) is 6.92 Å². The number of carbonyl (C=O) groups is 2. The molecule has 0 aromatic heterocycles. The lowest BCUT2D eigenvalue weighted by Crippen LogP contribution is -2.59. The minimum absolute atomic E-state index is 0.375. The fourth-order valence-corrected chi connectivity index (χ4v) is 2.22. The molecule has 0 radical (unpaired) electrons. The molecule has 1 heterocycles. The third-order valence-corrected chi connectivity index (χ3v) is 3.35. The van der Waals surface area contributed by atoms with Crippen molar-refractivity contribution in [1.29, 1.82) is 0 Å². The summed E-state index contributed by atoms with van der Waals surface area (Å²) in [5, 5.41) is 20.1. The Labute approximate surface area is 127 Å². The van der Waals surface area contributed by atoms with Gasteiger partial charge in [-0.3, -0.25) is 9.59 Å². The van der Waals surface area contributed by atoms with Crippen LogP contribution in [0.2, 0.25) is 0 Å². The molecule has 0 aliphatic carbocycles. The number of hydrogen-bond donors (Lipinski definition) is 2. The van der Waals surface area contributed by atoms with Crippen molar-refractivity contribution >= 4 is 12.3 Å². The second kappa shape index (κ2) is 6.87. The number of aliphatic hydroxyl groups excluding tert-OH is 2. The number of ether oxygens (including phenoxy) is 3. The highest BCUT2D eigenvalue weighted by Gasteiger charge is 2.45. The lowest BCUT2D eigenvalue weighted by molar-refractivity contribution is -0.272. The summed E-state index contributed by atoms with van der Waals surface area (Å²) in [6, 6.07) is 6.21. The fourth-order valence-electron chi connectivity index (χ4n) is 2.22. The Balaban J connectivity index is 2.06. The van der Waals surface area contributed by atoms with Gasteiger partial charge in [0.15, 0.2) is 6.10 Å². The average Bonchev–Trinajstić information content (AvgIpc) is 2.49. The van der Waals surface area contributed by atoms with Gasteiger partial charge in [0.2, 0.25) is 6.29 Å². The Bertz CT molecular complexity index is 527. The second-order valence-corrected chi connectivity index (χ2v) is 5.07. The number of aldehydes is 1. The van der Waals surface area contributed by atoms with Crippen molar-refractivity contribution < 1.29 is 34.0 Å². The van der Waals surface area contributed by atoms with E-state index in [1.807, 2.05) is 0 Å². The second-order valence-electron chi connectivity index (χ2n) is 5.07. The molecule has 0 saturated carbocycles. The number of rotatable bonds is 4. The van der Waals surface area contributed by atoms with Gasteiger partial charge >= 0.3 is 5.97 Å². The molecule has 2 N–H and O–H groups in total. The molecule has 1 aliphatic heterocycles. The van der Waals surface area contributed by atoms with Gasteiger partial charge in [-0.2, -0.15) is 0 Å². The first-order valence-corrected chi connectivity index (χ1v) is 6.83. The molecule has 0 spiro atoms. The first-order chi connectivity index (χ1) is 10.4. The van der Waals surface area contributed by atoms with Crippen molar-refractivity contribution in [3.8, 4) is 5.75 Å². The largest absolute Gasteiger partial charge is 0.462 e. The summed E-state index contributed by atoms with van der Waals surface area (Å²) < 4.78 is 15.9. The third-order valence-electron chi connectivity index (χ3n) is 3.35. The van der Waals surface area contributed by atoms with Crippen molar-refractivity contribution in [3.05, 3.63) is 29.8 Å². The first kappa shape index (κ1) is 16.4. The van der Waals surface area contributed by atoms with Crippen LogP contribution in [0.15, 0.2) is 24.3 Å². The zero-order valence-corrected chi connectivity index (χ0v) is 12.2. The summed E-state index contributed by atoms with van der Waals surface area (Å²) >= 11 is 0. The molecule has 7 heteroatoms. The molecule has 120 valence electrons. The van der Waals surface area contributed by atoms with Gasteiger partial charge in [-0.05, 0) is 31.2 Å². The molecular weight excluding hydrogens is 292 g/mol. The summed E-state index contributed by atoms with van der Waals surface area (Å²) in [4.78, 5) is 21.6. The van der Waals surface area contributed by atoms with Crippen LogP contribution in [-0.4, -0.2) is 53.2 Å². The van der Waals surface area contributed by atoms with Gasteiger partial charge in [0.1, 0.15) is 24.2 Å². The molecule has 0 unspecified atom stereocenters. The van der Waals surface area contributed by atoms with Crippen LogP contribution >= 0.6 is 0 Å². The molecule has 1 aromatic carbocycles. The minimum Gasteiger partial charge on any atom is -0.462 e. The molecule has 22 heavy (non-hydrogen) atoms. The van der Waals surface area contributed by atoms with Crippen molar-refractivity contribution in [2.75, 3.05) is 0 Å². The summed E-state index contributed by atoms with van der Waals surface area (Å²) in [5.74, 6) is -0.199. The third kappa shape index (κ3) is 3.62. The van der Waals surface area contributed by atoms with Gasteiger partial charge in [-0.1, -0.05) is 0 Å². The molecule has 1 fully saturated rings. The quantitative estimate of drug-likeness (QED) is 0.608. The van der Waals surface area contributed by atoms with Gasteiger partial charge < -0.3 is 24.4 Å². The van der Waals surface area contributed by atoms with E-state index >= 15 is 0 Å². The molecule has 5 atom stereocenters. The minimum atomic E-state index is -1.38. The van der Waals surface area contributed by atoms with Crippen molar-refractivity contribution in [1.82, 2.24) is 0 Å². The maximum Gasteiger partial charge on any atom is 0.303 e. The Morgan fingerprint density at radius 1 is 1.23 bits per heavy atom. The van der Waals surface area contributed by atoms with Crippen LogP contribution in [0.5, 0.6) is 5.75 Å². The number of hydrogen-bond acceptors (Lipinski definition) is 7. The fraction of sp³-hybridized carbons (Fsp3) is 0.467. The number of benzene rings is 1. The Morgan fingerprint density at radius 3 is 2.41 bits per heavy atom. The molecule has 1 aliphatic rings. The Hall–Kier alpha value is -1.96.